The molecule has 0 aromatic heterocycles. The van der Waals surface area contributed by atoms with E-state index in [1.807, 2.05) is 32.0 Å². The van der Waals surface area contributed by atoms with Crippen molar-refractivity contribution in [3.63, 3.8) is 0 Å². The highest BCUT2D eigenvalue weighted by molar-refractivity contribution is 5.96. The molecule has 0 saturated carbocycles. The number of anilines is 1. The molecule has 2 amide bonds. The average Bonchev–Trinajstić information content (AvgIpc) is 2.58. The number of aryl methyl sites for hydroxylation is 2. The molecule has 0 radical (unpaired) electrons. The molecule has 25 heavy (non-hydrogen) atoms. The van der Waals surface area contributed by atoms with Gasteiger partial charge in [0.1, 0.15) is 5.82 Å². The monoisotopic (exact) mass is 338 g/mol. The second-order valence-electron chi connectivity index (χ2n) is 6.19. The van der Waals surface area contributed by atoms with Crippen molar-refractivity contribution < 1.29 is 14.0 Å². The number of allylic oxidation sites excluding steroid dienone is 1. The van der Waals surface area contributed by atoms with Crippen LogP contribution in [0.15, 0.2) is 54.7 Å². The van der Waals surface area contributed by atoms with E-state index < -0.39 is 6.04 Å². The SMILES string of the molecule is Cc1ccc(NC(=O)N2C=CC(=O)C[C@H]2c2ccc(F)cc2)cc1C. The third-order valence-corrected chi connectivity index (χ3v) is 4.40. The Labute approximate surface area is 146 Å². The number of carbonyl (C=O) groups excluding carboxylic acids is 2. The van der Waals surface area contributed by atoms with Gasteiger partial charge in [-0.25, -0.2) is 9.18 Å². The number of hydrogen-bond donors (Lipinski definition) is 1. The zero-order chi connectivity index (χ0) is 18.0. The van der Waals surface area contributed by atoms with Crippen molar-refractivity contribution in [3.8, 4) is 0 Å². The van der Waals surface area contributed by atoms with E-state index in [0.29, 0.717) is 11.3 Å². The molecule has 0 spiro atoms. The Morgan fingerprint density at radius 2 is 1.84 bits per heavy atom. The summed E-state index contributed by atoms with van der Waals surface area (Å²) >= 11 is 0. The highest BCUT2D eigenvalue weighted by atomic mass is 19.1. The predicted molar refractivity (Wildman–Crippen MR) is 94.7 cm³/mol. The molecule has 1 aliphatic rings. The summed E-state index contributed by atoms with van der Waals surface area (Å²) in [4.78, 5) is 26.0. The minimum Gasteiger partial charge on any atom is -0.308 e. The fraction of sp³-hybridized carbons (Fsp3) is 0.200. The maximum atomic E-state index is 13.2. The quantitative estimate of drug-likeness (QED) is 0.876. The first kappa shape index (κ1) is 16.9. The lowest BCUT2D eigenvalue weighted by Crippen LogP contribution is -2.37. The van der Waals surface area contributed by atoms with Gasteiger partial charge in [-0.3, -0.25) is 9.69 Å². The van der Waals surface area contributed by atoms with Crippen molar-refractivity contribution in [3.05, 3.63) is 77.2 Å². The molecule has 0 aliphatic carbocycles. The third-order valence-electron chi connectivity index (χ3n) is 4.40. The average molecular weight is 338 g/mol. The van der Waals surface area contributed by atoms with Crippen LogP contribution in [0, 0.1) is 19.7 Å². The van der Waals surface area contributed by atoms with Crippen molar-refractivity contribution in [1.82, 2.24) is 4.90 Å². The molecule has 1 N–H and O–H groups in total. The molecule has 0 fully saturated rings. The summed E-state index contributed by atoms with van der Waals surface area (Å²) in [7, 11) is 0. The van der Waals surface area contributed by atoms with Crippen LogP contribution < -0.4 is 5.32 Å². The number of urea groups is 1. The Morgan fingerprint density at radius 3 is 2.52 bits per heavy atom. The van der Waals surface area contributed by atoms with Gasteiger partial charge in [-0.1, -0.05) is 18.2 Å². The van der Waals surface area contributed by atoms with E-state index in [9.17, 15) is 14.0 Å². The van der Waals surface area contributed by atoms with Crippen molar-refractivity contribution >= 4 is 17.5 Å². The summed E-state index contributed by atoms with van der Waals surface area (Å²) in [5.74, 6) is -0.419. The van der Waals surface area contributed by atoms with Crippen LogP contribution in [0.5, 0.6) is 0 Å². The second-order valence-corrected chi connectivity index (χ2v) is 6.19. The van der Waals surface area contributed by atoms with Gasteiger partial charge in [0.2, 0.25) is 0 Å². The Morgan fingerprint density at radius 1 is 1.12 bits per heavy atom. The molecule has 0 bridgehead atoms. The van der Waals surface area contributed by atoms with Crippen molar-refractivity contribution in [2.75, 3.05) is 5.32 Å². The van der Waals surface area contributed by atoms with Crippen LogP contribution >= 0.6 is 0 Å². The van der Waals surface area contributed by atoms with E-state index in [1.54, 1.807) is 12.1 Å². The number of carbonyl (C=O) groups is 2. The molecule has 1 atom stereocenters. The number of benzene rings is 2. The van der Waals surface area contributed by atoms with Gasteiger partial charge in [0, 0.05) is 18.3 Å². The summed E-state index contributed by atoms with van der Waals surface area (Å²) in [6.45, 7) is 3.98. The standard InChI is InChI=1S/C20H19FN2O2/c1-13-3-8-17(11-14(13)2)22-20(25)23-10-9-18(24)12-19(23)15-4-6-16(21)7-5-15/h3-11,19H,12H2,1-2H3,(H,22,25)/t19-/m0/s1. The van der Waals surface area contributed by atoms with Crippen LogP contribution in [0.1, 0.15) is 29.2 Å². The lowest BCUT2D eigenvalue weighted by Gasteiger charge is -2.31. The van der Waals surface area contributed by atoms with Crippen LogP contribution in [0.2, 0.25) is 0 Å². The minimum absolute atomic E-state index is 0.0652. The number of amides is 2. The van der Waals surface area contributed by atoms with Crippen molar-refractivity contribution in [2.24, 2.45) is 0 Å². The molecule has 4 nitrogen and oxygen atoms in total. The van der Waals surface area contributed by atoms with Gasteiger partial charge in [0.15, 0.2) is 5.78 Å². The van der Waals surface area contributed by atoms with E-state index in [2.05, 4.69) is 5.32 Å². The number of nitrogens with one attached hydrogen (secondary N) is 1. The fourth-order valence-electron chi connectivity index (χ4n) is 2.80. The van der Waals surface area contributed by atoms with Gasteiger partial charge < -0.3 is 5.32 Å². The predicted octanol–water partition coefficient (Wildman–Crippen LogP) is 4.50. The minimum atomic E-state index is -0.454. The first-order chi connectivity index (χ1) is 11.9. The highest BCUT2D eigenvalue weighted by Crippen LogP contribution is 2.29. The maximum Gasteiger partial charge on any atom is 0.326 e. The summed E-state index contributed by atoms with van der Waals surface area (Å²) < 4.78 is 13.2. The van der Waals surface area contributed by atoms with Gasteiger partial charge in [-0.05, 0) is 60.9 Å². The maximum absolute atomic E-state index is 13.2. The Bertz CT molecular complexity index is 843. The molecule has 1 aliphatic heterocycles. The van der Waals surface area contributed by atoms with E-state index >= 15 is 0 Å². The largest absolute Gasteiger partial charge is 0.326 e. The molecule has 2 aromatic rings. The molecule has 5 heteroatoms. The van der Waals surface area contributed by atoms with Gasteiger partial charge in [-0.2, -0.15) is 0 Å². The Hall–Kier alpha value is -2.95. The van der Waals surface area contributed by atoms with Crippen LogP contribution in [0.4, 0.5) is 14.9 Å². The molecule has 0 saturated heterocycles. The number of rotatable bonds is 2. The topological polar surface area (TPSA) is 49.4 Å². The zero-order valence-corrected chi connectivity index (χ0v) is 14.1. The van der Waals surface area contributed by atoms with Crippen molar-refractivity contribution in [1.29, 1.82) is 0 Å². The van der Waals surface area contributed by atoms with Gasteiger partial charge in [-0.15, -0.1) is 0 Å². The normalized spacial score (nSPS) is 16.8. The van der Waals surface area contributed by atoms with Crippen LogP contribution in [-0.2, 0) is 4.79 Å². The molecular weight excluding hydrogens is 319 g/mol. The van der Waals surface area contributed by atoms with E-state index in [4.69, 9.17) is 0 Å². The number of ketones is 1. The van der Waals surface area contributed by atoms with Crippen molar-refractivity contribution in [2.45, 2.75) is 26.3 Å². The van der Waals surface area contributed by atoms with Gasteiger partial charge >= 0.3 is 6.03 Å². The smallest absolute Gasteiger partial charge is 0.308 e. The van der Waals surface area contributed by atoms with Crippen LogP contribution in [0.25, 0.3) is 0 Å². The van der Waals surface area contributed by atoms with E-state index in [-0.39, 0.29) is 24.1 Å². The molecule has 1 heterocycles. The van der Waals surface area contributed by atoms with Gasteiger partial charge in [0.25, 0.3) is 0 Å². The zero-order valence-electron chi connectivity index (χ0n) is 14.1. The molecule has 2 aromatic carbocycles. The van der Waals surface area contributed by atoms with Gasteiger partial charge in [0.05, 0.1) is 6.04 Å². The number of nitrogens with zero attached hydrogens (tertiary/aromatic N) is 1. The lowest BCUT2D eigenvalue weighted by atomic mass is 9.97. The van der Waals surface area contributed by atoms with Crippen LogP contribution in [-0.4, -0.2) is 16.7 Å². The molecule has 3 rings (SSSR count). The molecular formula is C20H19FN2O2. The summed E-state index contributed by atoms with van der Waals surface area (Å²) in [6.07, 6.45) is 3.04. The molecule has 128 valence electrons. The number of halogens is 1. The lowest BCUT2D eigenvalue weighted by molar-refractivity contribution is -0.116. The first-order valence-electron chi connectivity index (χ1n) is 8.07. The van der Waals surface area contributed by atoms with Crippen LogP contribution in [0.3, 0.4) is 0 Å². The second kappa shape index (κ2) is 6.89. The highest BCUT2D eigenvalue weighted by Gasteiger charge is 2.28. The first-order valence-corrected chi connectivity index (χ1v) is 8.07. The van der Waals surface area contributed by atoms with E-state index in [1.165, 1.54) is 29.3 Å². The molecule has 0 unspecified atom stereocenters. The summed E-state index contributed by atoms with van der Waals surface area (Å²) in [5.41, 5.74) is 3.63. The van der Waals surface area contributed by atoms with E-state index in [0.717, 1.165) is 11.1 Å². The Balaban J connectivity index is 1.85. The summed E-state index contributed by atoms with van der Waals surface area (Å²) in [6, 6.07) is 10.8. The fourth-order valence-corrected chi connectivity index (χ4v) is 2.80. The Kier molecular flexibility index (Phi) is 4.65. The summed E-state index contributed by atoms with van der Waals surface area (Å²) in [5, 5.41) is 2.86. The third kappa shape index (κ3) is 3.76. The number of hydrogen-bond acceptors (Lipinski definition) is 2.